The Morgan fingerprint density at radius 3 is 2.45 bits per heavy atom. The molecule has 2 aromatic carbocycles. The van der Waals surface area contributed by atoms with Gasteiger partial charge in [-0.3, -0.25) is 4.79 Å². The molecule has 1 fully saturated rings. The number of aromatic nitrogens is 1. The lowest BCUT2D eigenvalue weighted by molar-refractivity contribution is -0.140. The zero-order valence-corrected chi connectivity index (χ0v) is 17.8. The standard InChI is InChI=1S/C21H16F7N3OS/c1-10-2-3-13(20(23,24)25)12(6-10)18(32)31-5-4-11(9-31)29-19-30-16-8-15(22)14(21(26,27)28)7-17(16)33-19/h2-3,6-8,11H,4-5,9H2,1H3,(H,29,30)/t11-/m1/s1. The minimum atomic E-state index is -4.84. The van der Waals surface area contributed by atoms with E-state index in [-0.39, 0.29) is 34.5 Å². The molecule has 1 amide bonds. The van der Waals surface area contributed by atoms with Gasteiger partial charge in [-0.25, -0.2) is 9.37 Å². The largest absolute Gasteiger partial charge is 0.419 e. The van der Waals surface area contributed by atoms with Crippen LogP contribution in [0, 0.1) is 12.7 Å². The molecule has 4 rings (SSSR count). The van der Waals surface area contributed by atoms with Crippen LogP contribution in [-0.4, -0.2) is 34.9 Å². The average molecular weight is 491 g/mol. The van der Waals surface area contributed by atoms with Crippen molar-refractivity contribution < 1.29 is 35.5 Å². The quantitative estimate of drug-likeness (QED) is 0.450. The summed E-state index contributed by atoms with van der Waals surface area (Å²) < 4.78 is 92.7. The van der Waals surface area contributed by atoms with Gasteiger partial charge in [-0.1, -0.05) is 23.0 Å². The molecule has 0 unspecified atom stereocenters. The van der Waals surface area contributed by atoms with Crippen molar-refractivity contribution in [3.63, 3.8) is 0 Å². The number of fused-ring (bicyclic) bond motifs is 1. The topological polar surface area (TPSA) is 45.2 Å². The fourth-order valence-corrected chi connectivity index (χ4v) is 4.68. The normalized spacial score (nSPS) is 17.1. The number of benzene rings is 2. The maximum atomic E-state index is 13.8. The van der Waals surface area contributed by atoms with Crippen LogP contribution in [0.25, 0.3) is 10.2 Å². The molecule has 0 saturated carbocycles. The summed E-state index contributed by atoms with van der Waals surface area (Å²) in [6, 6.07) is 4.39. The van der Waals surface area contributed by atoms with Crippen LogP contribution in [0.3, 0.4) is 0 Å². The summed E-state index contributed by atoms with van der Waals surface area (Å²) in [5.41, 5.74) is -2.27. The Balaban J connectivity index is 1.51. The molecule has 33 heavy (non-hydrogen) atoms. The Morgan fingerprint density at radius 2 is 1.79 bits per heavy atom. The van der Waals surface area contributed by atoms with Crippen molar-refractivity contribution in [3.8, 4) is 0 Å². The number of nitrogens with one attached hydrogen (secondary N) is 1. The first-order valence-corrected chi connectivity index (χ1v) is 10.6. The monoisotopic (exact) mass is 491 g/mol. The molecule has 1 aliphatic rings. The third-order valence-corrected chi connectivity index (χ3v) is 6.25. The molecule has 1 aliphatic heterocycles. The van der Waals surface area contributed by atoms with E-state index in [0.717, 1.165) is 17.4 Å². The van der Waals surface area contributed by atoms with Crippen molar-refractivity contribution in [1.29, 1.82) is 0 Å². The molecule has 0 aliphatic carbocycles. The van der Waals surface area contributed by atoms with E-state index in [1.165, 1.54) is 17.0 Å². The van der Waals surface area contributed by atoms with E-state index in [9.17, 15) is 35.5 Å². The number of rotatable bonds is 3. The summed E-state index contributed by atoms with van der Waals surface area (Å²) in [4.78, 5) is 18.2. The van der Waals surface area contributed by atoms with Crippen LogP contribution in [0.4, 0.5) is 35.9 Å². The van der Waals surface area contributed by atoms with Crippen LogP contribution in [0.2, 0.25) is 0 Å². The van der Waals surface area contributed by atoms with Gasteiger partial charge in [-0.2, -0.15) is 26.3 Å². The third kappa shape index (κ3) is 4.75. The van der Waals surface area contributed by atoms with Crippen molar-refractivity contribution in [2.75, 3.05) is 18.4 Å². The van der Waals surface area contributed by atoms with Gasteiger partial charge in [-0.15, -0.1) is 0 Å². The van der Waals surface area contributed by atoms with Crippen LogP contribution in [0.15, 0.2) is 30.3 Å². The Bertz CT molecular complexity index is 1220. The number of anilines is 1. The van der Waals surface area contributed by atoms with Gasteiger partial charge >= 0.3 is 12.4 Å². The second kappa shape index (κ2) is 8.15. The van der Waals surface area contributed by atoms with Crippen molar-refractivity contribution in [2.45, 2.75) is 31.7 Å². The second-order valence-electron chi connectivity index (χ2n) is 7.74. The van der Waals surface area contributed by atoms with Crippen molar-refractivity contribution in [2.24, 2.45) is 0 Å². The van der Waals surface area contributed by atoms with E-state index < -0.39 is 40.8 Å². The maximum absolute atomic E-state index is 13.8. The number of thiazole rings is 1. The molecule has 3 aromatic rings. The Labute approximate surface area is 187 Å². The van der Waals surface area contributed by atoms with Crippen molar-refractivity contribution in [3.05, 3.63) is 58.4 Å². The van der Waals surface area contributed by atoms with Gasteiger partial charge in [0, 0.05) is 25.2 Å². The molecule has 1 saturated heterocycles. The number of aryl methyl sites for hydroxylation is 1. The van der Waals surface area contributed by atoms with E-state index in [0.29, 0.717) is 24.1 Å². The van der Waals surface area contributed by atoms with E-state index in [2.05, 4.69) is 10.3 Å². The summed E-state index contributed by atoms with van der Waals surface area (Å²) in [6.07, 6.45) is -9.12. The number of alkyl halides is 6. The van der Waals surface area contributed by atoms with Gasteiger partial charge in [0.1, 0.15) is 5.82 Å². The molecule has 1 atom stereocenters. The van der Waals surface area contributed by atoms with E-state index >= 15 is 0 Å². The van der Waals surface area contributed by atoms with Gasteiger partial charge in [-0.05, 0) is 31.5 Å². The highest BCUT2D eigenvalue weighted by atomic mass is 32.1. The first kappa shape index (κ1) is 23.3. The van der Waals surface area contributed by atoms with Gasteiger partial charge < -0.3 is 10.2 Å². The molecular formula is C21H16F7N3OS. The fraction of sp³-hybridized carbons (Fsp3) is 0.333. The number of likely N-dealkylation sites (tertiary alicyclic amines) is 1. The second-order valence-corrected chi connectivity index (χ2v) is 8.78. The number of carbonyl (C=O) groups excluding carboxylic acids is 1. The predicted octanol–water partition coefficient (Wildman–Crippen LogP) is 6.11. The van der Waals surface area contributed by atoms with Crippen LogP contribution in [-0.2, 0) is 12.4 Å². The van der Waals surface area contributed by atoms with Crippen LogP contribution >= 0.6 is 11.3 Å². The first-order chi connectivity index (χ1) is 15.3. The highest BCUT2D eigenvalue weighted by Gasteiger charge is 2.38. The highest BCUT2D eigenvalue weighted by molar-refractivity contribution is 7.22. The summed E-state index contributed by atoms with van der Waals surface area (Å²) in [5, 5.41) is 3.22. The zero-order chi connectivity index (χ0) is 24.1. The molecule has 0 bridgehead atoms. The molecule has 12 heteroatoms. The van der Waals surface area contributed by atoms with Gasteiger partial charge in [0.15, 0.2) is 5.13 Å². The molecule has 2 heterocycles. The molecule has 0 spiro atoms. The van der Waals surface area contributed by atoms with Gasteiger partial charge in [0.25, 0.3) is 5.91 Å². The molecule has 0 radical (unpaired) electrons. The van der Waals surface area contributed by atoms with Crippen molar-refractivity contribution in [1.82, 2.24) is 9.88 Å². The molecule has 176 valence electrons. The van der Waals surface area contributed by atoms with E-state index in [1.54, 1.807) is 6.92 Å². The third-order valence-electron chi connectivity index (χ3n) is 5.30. The molecule has 1 N–H and O–H groups in total. The predicted molar refractivity (Wildman–Crippen MR) is 109 cm³/mol. The zero-order valence-electron chi connectivity index (χ0n) is 16.9. The van der Waals surface area contributed by atoms with Crippen molar-refractivity contribution >= 4 is 32.6 Å². The number of carbonyl (C=O) groups is 1. The SMILES string of the molecule is Cc1ccc(C(F)(F)F)c(C(=O)N2CC[C@@H](Nc3nc4cc(F)c(C(F)(F)F)cc4s3)C2)c1. The van der Waals surface area contributed by atoms with Gasteiger partial charge in [0.05, 0.1) is 26.9 Å². The molecule has 4 nitrogen and oxygen atoms in total. The number of nitrogens with zero attached hydrogens (tertiary/aromatic N) is 2. The Morgan fingerprint density at radius 1 is 1.09 bits per heavy atom. The minimum Gasteiger partial charge on any atom is -0.357 e. The Hall–Kier alpha value is -2.89. The number of hydrogen-bond acceptors (Lipinski definition) is 4. The molecule has 1 aromatic heterocycles. The fourth-order valence-electron chi connectivity index (χ4n) is 3.72. The van der Waals surface area contributed by atoms with E-state index in [1.807, 2.05) is 0 Å². The molecular weight excluding hydrogens is 475 g/mol. The number of halogens is 7. The lowest BCUT2D eigenvalue weighted by Gasteiger charge is -2.20. The lowest BCUT2D eigenvalue weighted by Crippen LogP contribution is -2.33. The maximum Gasteiger partial charge on any atom is 0.419 e. The van der Waals surface area contributed by atoms with Crippen LogP contribution in [0.1, 0.15) is 33.5 Å². The van der Waals surface area contributed by atoms with Gasteiger partial charge in [0.2, 0.25) is 0 Å². The minimum absolute atomic E-state index is 0.0495. The van der Waals surface area contributed by atoms with Crippen LogP contribution in [0.5, 0.6) is 0 Å². The lowest BCUT2D eigenvalue weighted by atomic mass is 10.0. The average Bonchev–Trinajstić information content (AvgIpc) is 3.31. The van der Waals surface area contributed by atoms with E-state index in [4.69, 9.17) is 0 Å². The van der Waals surface area contributed by atoms with Crippen LogP contribution < -0.4 is 5.32 Å². The number of amides is 1. The Kier molecular flexibility index (Phi) is 5.75. The number of hydrogen-bond donors (Lipinski definition) is 1. The summed E-state index contributed by atoms with van der Waals surface area (Å²) >= 11 is 0.896. The summed E-state index contributed by atoms with van der Waals surface area (Å²) in [5.74, 6) is -2.18. The smallest absolute Gasteiger partial charge is 0.357 e. The highest BCUT2D eigenvalue weighted by Crippen LogP contribution is 2.37. The summed E-state index contributed by atoms with van der Waals surface area (Å²) in [7, 11) is 0. The first-order valence-electron chi connectivity index (χ1n) is 9.74. The summed E-state index contributed by atoms with van der Waals surface area (Å²) in [6.45, 7) is 1.87.